The van der Waals surface area contributed by atoms with E-state index in [-0.39, 0.29) is 0 Å². The largest absolute Gasteiger partial charge is 0.355 e. The Bertz CT molecular complexity index is 2900. The van der Waals surface area contributed by atoms with Crippen molar-refractivity contribution >= 4 is 59.8 Å². The number of para-hydroxylation sites is 3. The smallest absolute Gasteiger partial charge is 0.0547 e. The van der Waals surface area contributed by atoms with Crippen LogP contribution in [0.4, 0.5) is 5.69 Å². The molecule has 50 heavy (non-hydrogen) atoms. The zero-order valence-electron chi connectivity index (χ0n) is 27.3. The van der Waals surface area contributed by atoms with E-state index in [9.17, 15) is 0 Å². The third kappa shape index (κ3) is 3.96. The average molecular weight is 637 g/mol. The number of hydrogen-bond donors (Lipinski definition) is 1. The highest BCUT2D eigenvalue weighted by Gasteiger charge is 2.33. The number of benzene rings is 8. The Balaban J connectivity index is 1.02. The molecular formula is C48H32N2. The van der Waals surface area contributed by atoms with Crippen molar-refractivity contribution < 1.29 is 0 Å². The Morgan fingerprint density at radius 2 is 1.22 bits per heavy atom. The lowest BCUT2D eigenvalue weighted by Crippen LogP contribution is -2.09. The number of rotatable bonds is 4. The summed E-state index contributed by atoms with van der Waals surface area (Å²) >= 11 is 0. The molecule has 0 saturated carbocycles. The summed E-state index contributed by atoms with van der Waals surface area (Å²) in [5, 5.41) is 14.3. The van der Waals surface area contributed by atoms with Crippen molar-refractivity contribution in [3.8, 4) is 16.8 Å². The molecule has 0 aliphatic heterocycles. The van der Waals surface area contributed by atoms with Crippen molar-refractivity contribution in [2.45, 2.75) is 11.8 Å². The Labute approximate surface area is 290 Å². The van der Waals surface area contributed by atoms with Crippen LogP contribution in [0.15, 0.2) is 182 Å². The molecule has 2 nitrogen and oxygen atoms in total. The zero-order chi connectivity index (χ0) is 32.8. The lowest BCUT2D eigenvalue weighted by molar-refractivity contribution is 0.762. The van der Waals surface area contributed by atoms with Crippen LogP contribution in [0.1, 0.15) is 23.0 Å². The molecule has 1 aromatic heterocycles. The van der Waals surface area contributed by atoms with E-state index in [1.165, 1.54) is 82.1 Å². The number of aromatic nitrogens is 1. The van der Waals surface area contributed by atoms with Gasteiger partial charge in [0.15, 0.2) is 0 Å². The van der Waals surface area contributed by atoms with Crippen LogP contribution in [0.25, 0.3) is 70.9 Å². The summed E-state index contributed by atoms with van der Waals surface area (Å²) in [6.45, 7) is 0. The van der Waals surface area contributed by atoms with E-state index in [2.05, 4.69) is 186 Å². The van der Waals surface area contributed by atoms with Gasteiger partial charge in [-0.1, -0.05) is 133 Å². The van der Waals surface area contributed by atoms with Crippen LogP contribution in [0.2, 0.25) is 0 Å². The maximum atomic E-state index is 3.83. The molecule has 2 atom stereocenters. The van der Waals surface area contributed by atoms with Gasteiger partial charge in [-0.15, -0.1) is 0 Å². The Hall–Kier alpha value is -6.38. The molecule has 11 rings (SSSR count). The molecule has 8 aromatic carbocycles. The Kier molecular flexibility index (Phi) is 5.82. The summed E-state index contributed by atoms with van der Waals surface area (Å²) in [6.07, 6.45) is 7.09. The molecule has 0 spiro atoms. The van der Waals surface area contributed by atoms with E-state index in [4.69, 9.17) is 0 Å². The van der Waals surface area contributed by atoms with Crippen LogP contribution < -0.4 is 5.32 Å². The highest BCUT2D eigenvalue weighted by atomic mass is 15.0. The molecule has 9 aromatic rings. The zero-order valence-corrected chi connectivity index (χ0v) is 27.3. The first-order chi connectivity index (χ1) is 24.8. The van der Waals surface area contributed by atoms with Crippen LogP contribution in [0, 0.1) is 0 Å². The van der Waals surface area contributed by atoms with Gasteiger partial charge >= 0.3 is 0 Å². The van der Waals surface area contributed by atoms with Crippen molar-refractivity contribution in [1.82, 2.24) is 4.57 Å². The van der Waals surface area contributed by atoms with E-state index < -0.39 is 0 Å². The van der Waals surface area contributed by atoms with Crippen molar-refractivity contribution in [3.05, 3.63) is 193 Å². The first kappa shape index (κ1) is 27.6. The van der Waals surface area contributed by atoms with Crippen molar-refractivity contribution in [2.75, 3.05) is 5.32 Å². The lowest BCUT2D eigenvalue weighted by atomic mass is 9.85. The number of hydrogen-bond acceptors (Lipinski definition) is 1. The van der Waals surface area contributed by atoms with Gasteiger partial charge in [0.05, 0.1) is 11.0 Å². The van der Waals surface area contributed by atoms with E-state index in [0.717, 1.165) is 11.4 Å². The summed E-state index contributed by atoms with van der Waals surface area (Å²) in [6, 6.07) is 57.8. The van der Waals surface area contributed by atoms with Gasteiger partial charge in [0, 0.05) is 45.2 Å². The maximum absolute atomic E-state index is 3.83. The molecule has 0 bridgehead atoms. The van der Waals surface area contributed by atoms with Gasteiger partial charge in [0.1, 0.15) is 0 Å². The first-order valence-electron chi connectivity index (χ1n) is 17.5. The maximum Gasteiger partial charge on any atom is 0.0547 e. The SMILES string of the molecule is C1=CC2c3cccc4cccc(c34)C2C=C1Nc1ccccc1-c1ccc2c(ccc3ccc4c(c5ccccc5n4-c4ccccc4)c32)c1. The number of fused-ring (bicyclic) bond motifs is 10. The van der Waals surface area contributed by atoms with Crippen molar-refractivity contribution in [1.29, 1.82) is 0 Å². The summed E-state index contributed by atoms with van der Waals surface area (Å²) in [4.78, 5) is 0. The molecule has 2 unspecified atom stereocenters. The molecule has 0 fully saturated rings. The van der Waals surface area contributed by atoms with E-state index in [1.807, 2.05) is 0 Å². The second kappa shape index (κ2) is 10.6. The summed E-state index contributed by atoms with van der Waals surface area (Å²) in [7, 11) is 0. The fourth-order valence-corrected chi connectivity index (χ4v) is 8.93. The molecule has 2 aliphatic rings. The molecule has 0 saturated heterocycles. The molecule has 2 aliphatic carbocycles. The molecule has 2 heteroatoms. The average Bonchev–Trinajstić information content (AvgIpc) is 3.69. The van der Waals surface area contributed by atoms with Gasteiger partial charge in [-0.2, -0.15) is 0 Å². The number of nitrogens with one attached hydrogen (secondary N) is 1. The number of allylic oxidation sites excluding steroid dienone is 3. The van der Waals surface area contributed by atoms with Crippen LogP contribution >= 0.6 is 0 Å². The van der Waals surface area contributed by atoms with E-state index >= 15 is 0 Å². The Morgan fingerprint density at radius 3 is 2.12 bits per heavy atom. The van der Waals surface area contributed by atoms with E-state index in [0.29, 0.717) is 11.8 Å². The highest BCUT2D eigenvalue weighted by molar-refractivity contribution is 6.28. The highest BCUT2D eigenvalue weighted by Crippen LogP contribution is 2.50. The quantitative estimate of drug-likeness (QED) is 0.190. The second-order valence-corrected chi connectivity index (χ2v) is 13.7. The first-order valence-corrected chi connectivity index (χ1v) is 17.5. The van der Waals surface area contributed by atoms with Gasteiger partial charge in [-0.3, -0.25) is 0 Å². The third-order valence-corrected chi connectivity index (χ3v) is 11.1. The summed E-state index contributed by atoms with van der Waals surface area (Å²) in [5.41, 5.74) is 11.2. The fraction of sp³-hybridized carbons (Fsp3) is 0.0417. The number of anilines is 1. The van der Waals surface area contributed by atoms with Gasteiger partial charge in [0.25, 0.3) is 0 Å². The predicted molar refractivity (Wildman–Crippen MR) is 212 cm³/mol. The van der Waals surface area contributed by atoms with Gasteiger partial charge < -0.3 is 9.88 Å². The van der Waals surface area contributed by atoms with Crippen molar-refractivity contribution in [3.63, 3.8) is 0 Å². The normalized spacial score (nSPS) is 16.4. The second-order valence-electron chi connectivity index (χ2n) is 13.7. The standard InChI is InChI=1S/C48H32N2/c1-2-12-35(13-3-1)50-44-19-7-5-15-41(44)48-45(50)27-23-31-20-21-33-28-32(22-25-37(33)47(31)48)36-14-4-6-18-43(36)49-34-24-26-38-39-16-8-10-30-11-9-17-40(46(30)39)42(38)29-34/h1-29,38,42,49H. The Morgan fingerprint density at radius 1 is 0.480 bits per heavy atom. The van der Waals surface area contributed by atoms with Gasteiger partial charge in [0.2, 0.25) is 0 Å². The van der Waals surface area contributed by atoms with Gasteiger partial charge in [-0.25, -0.2) is 0 Å². The topological polar surface area (TPSA) is 17.0 Å². The van der Waals surface area contributed by atoms with Crippen LogP contribution in [-0.2, 0) is 0 Å². The minimum atomic E-state index is 0.342. The summed E-state index contributed by atoms with van der Waals surface area (Å²) < 4.78 is 2.40. The van der Waals surface area contributed by atoms with Crippen molar-refractivity contribution in [2.24, 2.45) is 0 Å². The van der Waals surface area contributed by atoms with Crippen LogP contribution in [0.5, 0.6) is 0 Å². The molecule has 1 heterocycles. The monoisotopic (exact) mass is 636 g/mol. The van der Waals surface area contributed by atoms with Crippen LogP contribution in [-0.4, -0.2) is 4.57 Å². The molecule has 0 amide bonds. The minimum Gasteiger partial charge on any atom is -0.355 e. The van der Waals surface area contributed by atoms with Crippen LogP contribution in [0.3, 0.4) is 0 Å². The molecular weight excluding hydrogens is 605 g/mol. The predicted octanol–water partition coefficient (Wildman–Crippen LogP) is 12.7. The molecule has 1 N–H and O–H groups in total. The molecule has 234 valence electrons. The minimum absolute atomic E-state index is 0.342. The third-order valence-electron chi connectivity index (χ3n) is 11.1. The molecule has 0 radical (unpaired) electrons. The van der Waals surface area contributed by atoms with E-state index in [1.54, 1.807) is 0 Å². The fourth-order valence-electron chi connectivity index (χ4n) is 8.93. The van der Waals surface area contributed by atoms with Gasteiger partial charge in [-0.05, 0) is 91.5 Å². The summed E-state index contributed by atoms with van der Waals surface area (Å²) in [5.74, 6) is 0.731. The number of nitrogens with zero attached hydrogens (tertiary/aromatic N) is 1. The lowest BCUT2D eigenvalue weighted by Gasteiger charge is -2.23.